The van der Waals surface area contributed by atoms with E-state index in [4.69, 9.17) is 16.3 Å². The van der Waals surface area contributed by atoms with Crippen LogP contribution in [0, 0.1) is 0 Å². The molecule has 0 aliphatic heterocycles. The number of benzene rings is 2. The van der Waals surface area contributed by atoms with Gasteiger partial charge in [0.25, 0.3) is 0 Å². The van der Waals surface area contributed by atoms with Crippen LogP contribution >= 0.6 is 11.6 Å². The minimum atomic E-state index is -1.08. The fraction of sp³-hybridized carbons (Fsp3) is 0.0588. The van der Waals surface area contributed by atoms with Crippen molar-refractivity contribution in [2.45, 2.75) is 0 Å². The Balaban J connectivity index is 2.13. The minimum Gasteiger partial charge on any atom is -0.497 e. The Hall–Kier alpha value is -2.79. The molecule has 5 nitrogen and oxygen atoms in total. The molecule has 0 unspecified atom stereocenters. The fourth-order valence-corrected chi connectivity index (χ4v) is 2.36. The summed E-state index contributed by atoms with van der Waals surface area (Å²) >= 11 is 5.91. The Labute approximate surface area is 137 Å². The summed E-state index contributed by atoms with van der Waals surface area (Å²) in [5.74, 6) is -0.350. The second-order valence-electron chi connectivity index (χ2n) is 4.84. The third-order valence-corrected chi connectivity index (χ3v) is 3.64. The molecule has 3 aromatic rings. The van der Waals surface area contributed by atoms with Gasteiger partial charge in [-0.2, -0.15) is 5.10 Å². The van der Waals surface area contributed by atoms with Crippen LogP contribution in [0.1, 0.15) is 10.5 Å². The Kier molecular flexibility index (Phi) is 4.04. The van der Waals surface area contributed by atoms with Gasteiger partial charge in [0.15, 0.2) is 5.69 Å². The summed E-state index contributed by atoms with van der Waals surface area (Å²) in [6.45, 7) is 0. The average Bonchev–Trinajstić information content (AvgIpc) is 3.01. The molecule has 116 valence electrons. The van der Waals surface area contributed by atoms with E-state index in [1.54, 1.807) is 42.1 Å². The van der Waals surface area contributed by atoms with E-state index in [0.717, 1.165) is 17.0 Å². The first-order valence-corrected chi connectivity index (χ1v) is 7.20. The topological polar surface area (TPSA) is 64.3 Å². The van der Waals surface area contributed by atoms with Crippen molar-refractivity contribution in [3.05, 3.63) is 65.3 Å². The second kappa shape index (κ2) is 6.14. The van der Waals surface area contributed by atoms with Crippen LogP contribution in [0.5, 0.6) is 5.75 Å². The van der Waals surface area contributed by atoms with Crippen LogP contribution in [0.15, 0.2) is 54.6 Å². The van der Waals surface area contributed by atoms with Gasteiger partial charge in [-0.05, 0) is 54.6 Å². The molecule has 0 spiro atoms. The molecule has 2 aromatic carbocycles. The standard InChI is InChI=1S/C17H13ClN2O3/c1-23-14-8-2-11(3-9-14)16-10-15(17(21)22)19-20(16)13-6-4-12(18)5-7-13/h2-10H,1H3,(H,21,22). The van der Waals surface area contributed by atoms with Crippen LogP contribution in [0.2, 0.25) is 5.02 Å². The van der Waals surface area contributed by atoms with Gasteiger partial charge in [0.2, 0.25) is 0 Å². The van der Waals surface area contributed by atoms with E-state index in [9.17, 15) is 9.90 Å². The van der Waals surface area contributed by atoms with Crippen molar-refractivity contribution in [2.75, 3.05) is 7.11 Å². The molecule has 3 rings (SSSR count). The molecule has 0 saturated carbocycles. The summed E-state index contributed by atoms with van der Waals surface area (Å²) in [4.78, 5) is 11.3. The van der Waals surface area contributed by atoms with Crippen molar-refractivity contribution < 1.29 is 14.6 Å². The van der Waals surface area contributed by atoms with Crippen LogP contribution in [0.25, 0.3) is 16.9 Å². The van der Waals surface area contributed by atoms with Gasteiger partial charge < -0.3 is 9.84 Å². The van der Waals surface area contributed by atoms with Crippen LogP contribution in [-0.2, 0) is 0 Å². The van der Waals surface area contributed by atoms with Gasteiger partial charge in [-0.1, -0.05) is 11.6 Å². The molecule has 0 aliphatic carbocycles. The van der Waals surface area contributed by atoms with Crippen molar-refractivity contribution in [1.29, 1.82) is 0 Å². The van der Waals surface area contributed by atoms with Crippen molar-refractivity contribution in [1.82, 2.24) is 9.78 Å². The SMILES string of the molecule is COc1ccc(-c2cc(C(=O)O)nn2-c2ccc(Cl)cc2)cc1. The quantitative estimate of drug-likeness (QED) is 0.789. The lowest BCUT2D eigenvalue weighted by molar-refractivity contribution is 0.0690. The smallest absolute Gasteiger partial charge is 0.356 e. The highest BCUT2D eigenvalue weighted by Crippen LogP contribution is 2.26. The Bertz CT molecular complexity index is 839. The molecule has 0 amide bonds. The van der Waals surface area contributed by atoms with Gasteiger partial charge in [0.1, 0.15) is 5.75 Å². The predicted molar refractivity (Wildman–Crippen MR) is 87.5 cm³/mol. The number of carbonyl (C=O) groups is 1. The zero-order chi connectivity index (χ0) is 16.4. The number of methoxy groups -OCH3 is 1. The molecule has 1 aromatic heterocycles. The number of aromatic nitrogens is 2. The molecule has 0 radical (unpaired) electrons. The maximum atomic E-state index is 11.3. The Morgan fingerprint density at radius 3 is 2.35 bits per heavy atom. The van der Waals surface area contributed by atoms with Crippen LogP contribution < -0.4 is 4.74 Å². The molecule has 1 N–H and O–H groups in total. The van der Waals surface area contributed by atoms with E-state index < -0.39 is 5.97 Å². The van der Waals surface area contributed by atoms with E-state index in [2.05, 4.69) is 5.10 Å². The summed E-state index contributed by atoms with van der Waals surface area (Å²) in [7, 11) is 1.59. The minimum absolute atomic E-state index is 0.0224. The Morgan fingerprint density at radius 2 is 1.78 bits per heavy atom. The van der Waals surface area contributed by atoms with Gasteiger partial charge in [-0.15, -0.1) is 0 Å². The molecule has 1 heterocycles. The van der Waals surface area contributed by atoms with E-state index in [-0.39, 0.29) is 5.69 Å². The van der Waals surface area contributed by atoms with Crippen LogP contribution in [0.4, 0.5) is 0 Å². The molecule has 23 heavy (non-hydrogen) atoms. The third kappa shape index (κ3) is 3.05. The molecule has 0 saturated heterocycles. The van der Waals surface area contributed by atoms with E-state index in [0.29, 0.717) is 10.7 Å². The highest BCUT2D eigenvalue weighted by atomic mass is 35.5. The van der Waals surface area contributed by atoms with Gasteiger partial charge in [-0.3, -0.25) is 0 Å². The number of halogens is 1. The van der Waals surface area contributed by atoms with Crippen molar-refractivity contribution in [3.63, 3.8) is 0 Å². The summed E-state index contributed by atoms with van der Waals surface area (Å²) in [6.07, 6.45) is 0. The average molecular weight is 329 g/mol. The van der Waals surface area contributed by atoms with Crippen LogP contribution in [0.3, 0.4) is 0 Å². The number of aromatic carboxylic acids is 1. The number of carboxylic acids is 1. The fourth-order valence-electron chi connectivity index (χ4n) is 2.23. The number of hydrogen-bond donors (Lipinski definition) is 1. The van der Waals surface area contributed by atoms with Gasteiger partial charge in [0, 0.05) is 10.6 Å². The second-order valence-corrected chi connectivity index (χ2v) is 5.27. The first-order chi connectivity index (χ1) is 11.1. The van der Waals surface area contributed by atoms with Crippen molar-refractivity contribution in [3.8, 4) is 22.7 Å². The maximum Gasteiger partial charge on any atom is 0.356 e. The number of ether oxygens (including phenoxy) is 1. The first-order valence-electron chi connectivity index (χ1n) is 6.82. The molecular formula is C17H13ClN2O3. The lowest BCUT2D eigenvalue weighted by Gasteiger charge is -2.08. The summed E-state index contributed by atoms with van der Waals surface area (Å²) in [5.41, 5.74) is 2.21. The normalized spacial score (nSPS) is 10.5. The van der Waals surface area contributed by atoms with Gasteiger partial charge in [-0.25, -0.2) is 9.48 Å². The van der Waals surface area contributed by atoms with E-state index in [1.165, 1.54) is 0 Å². The Morgan fingerprint density at radius 1 is 1.13 bits per heavy atom. The predicted octanol–water partition coefficient (Wildman–Crippen LogP) is 3.90. The summed E-state index contributed by atoms with van der Waals surface area (Å²) in [5, 5.41) is 14.0. The molecule has 0 bridgehead atoms. The highest BCUT2D eigenvalue weighted by molar-refractivity contribution is 6.30. The number of rotatable bonds is 4. The monoisotopic (exact) mass is 328 g/mol. The molecule has 0 fully saturated rings. The lowest BCUT2D eigenvalue weighted by Crippen LogP contribution is -2.02. The zero-order valence-corrected chi connectivity index (χ0v) is 13.0. The van der Waals surface area contributed by atoms with Crippen molar-refractivity contribution in [2.24, 2.45) is 0 Å². The summed E-state index contributed by atoms with van der Waals surface area (Å²) in [6, 6.07) is 15.9. The molecule has 6 heteroatoms. The molecule has 0 aliphatic rings. The first kappa shape index (κ1) is 15.1. The zero-order valence-electron chi connectivity index (χ0n) is 12.2. The van der Waals surface area contributed by atoms with Gasteiger partial charge in [0.05, 0.1) is 18.5 Å². The van der Waals surface area contributed by atoms with Crippen LogP contribution in [-0.4, -0.2) is 28.0 Å². The largest absolute Gasteiger partial charge is 0.497 e. The van der Waals surface area contributed by atoms with Crippen molar-refractivity contribution >= 4 is 17.6 Å². The highest BCUT2D eigenvalue weighted by Gasteiger charge is 2.16. The summed E-state index contributed by atoms with van der Waals surface area (Å²) < 4.78 is 6.73. The number of hydrogen-bond acceptors (Lipinski definition) is 3. The maximum absolute atomic E-state index is 11.3. The molecule has 0 atom stereocenters. The molecular weight excluding hydrogens is 316 g/mol. The van der Waals surface area contributed by atoms with Gasteiger partial charge >= 0.3 is 5.97 Å². The number of carboxylic acid groups (broad SMARTS) is 1. The van der Waals surface area contributed by atoms with E-state index in [1.807, 2.05) is 24.3 Å². The lowest BCUT2D eigenvalue weighted by atomic mass is 10.1. The number of nitrogens with zero attached hydrogens (tertiary/aromatic N) is 2. The third-order valence-electron chi connectivity index (χ3n) is 3.39. The van der Waals surface area contributed by atoms with E-state index >= 15 is 0 Å².